The summed E-state index contributed by atoms with van der Waals surface area (Å²) < 4.78 is 0. The van der Waals surface area contributed by atoms with Gasteiger partial charge in [0.05, 0.1) is 0 Å². The van der Waals surface area contributed by atoms with Crippen molar-refractivity contribution in [2.45, 2.75) is 64.3 Å². The van der Waals surface area contributed by atoms with E-state index < -0.39 is 0 Å². The highest BCUT2D eigenvalue weighted by molar-refractivity contribution is 6.31. The van der Waals surface area contributed by atoms with Crippen LogP contribution in [0.25, 0.3) is 22.8 Å². The minimum atomic E-state index is 0.0811. The molecule has 0 spiro atoms. The molecule has 10 rings (SSSR count). The van der Waals surface area contributed by atoms with E-state index in [9.17, 15) is 9.59 Å². The van der Waals surface area contributed by atoms with Gasteiger partial charge in [0.2, 0.25) is 23.7 Å². The van der Waals surface area contributed by atoms with Crippen LogP contribution < -0.4 is 21.3 Å². The van der Waals surface area contributed by atoms with Gasteiger partial charge in [-0.3, -0.25) is 19.6 Å². The quantitative estimate of drug-likeness (QED) is 0.128. The first-order valence-corrected chi connectivity index (χ1v) is 22.8. The lowest BCUT2D eigenvalue weighted by Crippen LogP contribution is -2.37. The van der Waals surface area contributed by atoms with Gasteiger partial charge in [-0.2, -0.15) is 9.97 Å². The topological polar surface area (TPSA) is 192 Å². The number of nitrogens with one attached hydrogen (secondary N) is 4. The minimum Gasteiger partial charge on any atom is -0.356 e. The molecular formula is C48H55ClN14O2. The summed E-state index contributed by atoms with van der Waals surface area (Å²) in [5, 5.41) is 13.3. The number of anilines is 4. The van der Waals surface area contributed by atoms with Crippen molar-refractivity contribution < 1.29 is 9.59 Å². The monoisotopic (exact) mass is 894 g/mol. The molecule has 2 aromatic carbocycles. The van der Waals surface area contributed by atoms with Gasteiger partial charge < -0.3 is 31.1 Å². The number of hydrogen-bond acceptors (Lipinski definition) is 14. The fourth-order valence-electron chi connectivity index (χ4n) is 8.24. The van der Waals surface area contributed by atoms with E-state index in [1.165, 1.54) is 18.2 Å². The Labute approximate surface area is 384 Å². The fourth-order valence-corrected chi connectivity index (χ4v) is 8.50. The van der Waals surface area contributed by atoms with E-state index in [4.69, 9.17) is 11.6 Å². The zero-order chi connectivity index (χ0) is 44.8. The van der Waals surface area contributed by atoms with Crippen molar-refractivity contribution in [3.63, 3.8) is 0 Å². The van der Waals surface area contributed by atoms with Crippen LogP contribution >= 0.6 is 11.6 Å². The van der Waals surface area contributed by atoms with Gasteiger partial charge in [0.1, 0.15) is 12.7 Å². The maximum Gasteiger partial charge on any atom is 0.230 e. The molecule has 0 saturated carbocycles. The molecule has 336 valence electrons. The Morgan fingerprint density at radius 2 is 1.22 bits per heavy atom. The molecule has 17 heteroatoms. The molecule has 65 heavy (non-hydrogen) atoms. The van der Waals surface area contributed by atoms with Gasteiger partial charge in [0, 0.05) is 97.9 Å². The largest absolute Gasteiger partial charge is 0.356 e. The summed E-state index contributed by atoms with van der Waals surface area (Å²) in [6.45, 7) is 5.64. The van der Waals surface area contributed by atoms with E-state index in [2.05, 4.69) is 89.1 Å². The maximum absolute atomic E-state index is 12.3. The van der Waals surface area contributed by atoms with E-state index in [1.54, 1.807) is 12.4 Å². The Morgan fingerprint density at radius 1 is 0.615 bits per heavy atom. The van der Waals surface area contributed by atoms with Gasteiger partial charge >= 0.3 is 0 Å². The van der Waals surface area contributed by atoms with Crippen molar-refractivity contribution in [3.8, 4) is 22.8 Å². The van der Waals surface area contributed by atoms with E-state index in [-0.39, 0.29) is 11.8 Å². The predicted octanol–water partition coefficient (Wildman–Crippen LogP) is 6.60. The van der Waals surface area contributed by atoms with Crippen LogP contribution in [0, 0.1) is 5.92 Å². The summed E-state index contributed by atoms with van der Waals surface area (Å²) in [6.07, 6.45) is 17.8. The first-order chi connectivity index (χ1) is 31.8. The number of rotatable bonds is 0. The third kappa shape index (κ3) is 13.8. The van der Waals surface area contributed by atoms with Crippen LogP contribution in [0.1, 0.15) is 60.8 Å². The van der Waals surface area contributed by atoms with Crippen molar-refractivity contribution in [2.24, 2.45) is 5.92 Å². The number of piperidine rings is 1. The SMILES string of the molecule is CN1CCC(=O)NCCCc2cncc(c2)-c2ncnc(n2)Nc2cccc(c2)C1.O=C1CCN2CCC(CC2)Cc2cc(Cl)cc(c2)Nc2ncnc(n2)-c2cncc(c2)CCCN1. The molecule has 6 aromatic rings. The summed E-state index contributed by atoms with van der Waals surface area (Å²) in [4.78, 5) is 64.1. The maximum atomic E-state index is 12.3. The lowest BCUT2D eigenvalue weighted by atomic mass is 9.90. The van der Waals surface area contributed by atoms with Crippen LogP contribution in [0.3, 0.4) is 0 Å². The molecular weight excluding hydrogens is 840 g/mol. The smallest absolute Gasteiger partial charge is 0.230 e. The number of aromatic nitrogens is 8. The van der Waals surface area contributed by atoms with Crippen molar-refractivity contribution >= 4 is 46.7 Å². The first-order valence-electron chi connectivity index (χ1n) is 22.4. The Hall–Kier alpha value is -6.49. The normalized spacial score (nSPS) is 18.7. The molecule has 4 N–H and O–H groups in total. The van der Waals surface area contributed by atoms with Crippen molar-refractivity contribution in [1.29, 1.82) is 0 Å². The molecule has 0 unspecified atom stereocenters. The molecule has 0 atom stereocenters. The number of halogens is 1. The van der Waals surface area contributed by atoms with Crippen LogP contribution in [0.15, 0.2) is 92.0 Å². The van der Waals surface area contributed by atoms with E-state index in [0.717, 1.165) is 110 Å². The van der Waals surface area contributed by atoms with Crippen LogP contribution in [0.5, 0.6) is 0 Å². The number of nitrogens with zero attached hydrogens (tertiary/aromatic N) is 10. The van der Waals surface area contributed by atoms with E-state index >= 15 is 0 Å². The second-order valence-electron chi connectivity index (χ2n) is 16.9. The lowest BCUT2D eigenvalue weighted by Gasteiger charge is -2.32. The third-order valence-electron chi connectivity index (χ3n) is 11.6. The number of fused-ring (bicyclic) bond motifs is 15. The van der Waals surface area contributed by atoms with Crippen molar-refractivity contribution in [3.05, 3.63) is 119 Å². The molecule has 4 aromatic heterocycles. The zero-order valence-corrected chi connectivity index (χ0v) is 37.5. The molecule has 1 saturated heterocycles. The average Bonchev–Trinajstić information content (AvgIpc) is 3.31. The van der Waals surface area contributed by atoms with Gasteiger partial charge in [-0.25, -0.2) is 19.9 Å². The average molecular weight is 896 g/mol. The number of carbonyl (C=O) groups excluding carboxylic acids is 2. The van der Waals surface area contributed by atoms with Gasteiger partial charge in [-0.05, 0) is 136 Å². The molecule has 16 nitrogen and oxygen atoms in total. The lowest BCUT2D eigenvalue weighted by molar-refractivity contribution is -0.122. The second-order valence-corrected chi connectivity index (χ2v) is 17.3. The molecule has 2 amide bonds. The van der Waals surface area contributed by atoms with E-state index in [0.29, 0.717) is 67.0 Å². The second kappa shape index (κ2) is 22.4. The Kier molecular flexibility index (Phi) is 15.6. The molecule has 0 aliphatic carbocycles. The zero-order valence-electron chi connectivity index (χ0n) is 36.7. The number of pyridine rings is 2. The van der Waals surface area contributed by atoms with Crippen LogP contribution in [-0.2, 0) is 35.4 Å². The first kappa shape index (κ1) is 45.1. The highest BCUT2D eigenvalue weighted by Gasteiger charge is 2.21. The molecule has 1 fully saturated rings. The number of carbonyl (C=O) groups is 2. The van der Waals surface area contributed by atoms with Crippen LogP contribution in [-0.4, -0.2) is 108 Å². The molecule has 4 aliphatic rings. The summed E-state index contributed by atoms with van der Waals surface area (Å²) in [6, 6.07) is 18.2. The molecule has 14 bridgehead atoms. The predicted molar refractivity (Wildman–Crippen MR) is 252 cm³/mol. The van der Waals surface area contributed by atoms with Crippen LogP contribution in [0.2, 0.25) is 5.02 Å². The Bertz CT molecular complexity index is 2550. The van der Waals surface area contributed by atoms with Crippen molar-refractivity contribution in [2.75, 3.05) is 56.9 Å². The van der Waals surface area contributed by atoms with Crippen molar-refractivity contribution in [1.82, 2.24) is 60.3 Å². The number of benzene rings is 2. The number of amides is 2. The summed E-state index contributed by atoms with van der Waals surface area (Å²) in [7, 11) is 2.02. The Balaban J connectivity index is 0.000000179. The molecule has 4 aliphatic heterocycles. The fraction of sp³-hybridized carbons (Fsp3) is 0.375. The van der Waals surface area contributed by atoms with Gasteiger partial charge in [0.15, 0.2) is 11.6 Å². The third-order valence-corrected chi connectivity index (χ3v) is 11.9. The molecule has 8 heterocycles. The summed E-state index contributed by atoms with van der Waals surface area (Å²) >= 11 is 6.46. The number of aryl methyl sites for hydroxylation is 2. The highest BCUT2D eigenvalue weighted by Crippen LogP contribution is 2.28. The summed E-state index contributed by atoms with van der Waals surface area (Å²) in [5.74, 6) is 2.89. The van der Waals surface area contributed by atoms with Gasteiger partial charge in [-0.1, -0.05) is 23.7 Å². The standard InChI is InChI=1S/C26H30ClN7O.C22H25N7O/c27-22-12-20-10-18-3-7-34(8-4-18)9-5-24(35)29-6-1-2-19-11-21(16-28-15-19)25-30-17-31-26(33-25)32-23(13-20)14-22;1-29-9-7-20(30)24-8-3-5-16-10-18(13-23-12-16)21-25-15-26-22(28-21)27-19-6-2-4-17(11-19)14-29/h11-18H,1-10H2,(H,29,35)(H,30,31,32,33);2,4,6,10-13,15H,3,5,7-9,14H2,1H3,(H,24,30)(H,25,26,27,28). The highest BCUT2D eigenvalue weighted by atomic mass is 35.5. The Morgan fingerprint density at radius 3 is 1.86 bits per heavy atom. The minimum absolute atomic E-state index is 0.0811. The molecule has 0 radical (unpaired) electrons. The summed E-state index contributed by atoms with van der Waals surface area (Å²) in [5.41, 5.74) is 7.95. The van der Waals surface area contributed by atoms with E-state index in [1.807, 2.05) is 55.8 Å². The van der Waals surface area contributed by atoms with Gasteiger partial charge in [-0.15, -0.1) is 0 Å². The number of hydrogen-bond donors (Lipinski definition) is 4. The van der Waals surface area contributed by atoms with Gasteiger partial charge in [0.25, 0.3) is 0 Å². The van der Waals surface area contributed by atoms with Crippen LogP contribution in [0.4, 0.5) is 23.3 Å².